The fourth-order valence-electron chi connectivity index (χ4n) is 2.30. The predicted octanol–water partition coefficient (Wildman–Crippen LogP) is 4.30. The fourth-order valence-corrected chi connectivity index (χ4v) is 3.12. The second kappa shape index (κ2) is 6.54. The molecule has 0 aliphatic carbocycles. The molecule has 1 N–H and O–H groups in total. The van der Waals surface area contributed by atoms with Gasteiger partial charge in [0.25, 0.3) is 5.91 Å². The van der Waals surface area contributed by atoms with Crippen LogP contribution < -0.4 is 5.32 Å². The molecule has 3 aromatic rings. The molecule has 22 heavy (non-hydrogen) atoms. The Hall–Kier alpha value is -2.46. The molecule has 1 aromatic carbocycles. The molecule has 0 aliphatic rings. The molecular formula is C18H16N2OS. The van der Waals surface area contributed by atoms with Crippen LogP contribution in [0.4, 0.5) is 0 Å². The van der Waals surface area contributed by atoms with E-state index in [1.165, 1.54) is 11.3 Å². The molecule has 2 heterocycles. The van der Waals surface area contributed by atoms with E-state index in [9.17, 15) is 4.79 Å². The number of amides is 1. The second-order valence-electron chi connectivity index (χ2n) is 4.98. The number of pyridine rings is 1. The number of hydrogen-bond donors (Lipinski definition) is 1. The van der Waals surface area contributed by atoms with Gasteiger partial charge in [-0.1, -0.05) is 36.4 Å². The van der Waals surface area contributed by atoms with E-state index in [2.05, 4.69) is 10.3 Å². The van der Waals surface area contributed by atoms with Crippen LogP contribution in [0.25, 0.3) is 11.1 Å². The normalized spacial score (nSPS) is 11.9. The van der Waals surface area contributed by atoms with Crippen molar-refractivity contribution >= 4 is 17.2 Å². The molecule has 1 amide bonds. The van der Waals surface area contributed by atoms with Crippen LogP contribution >= 0.6 is 11.3 Å². The topological polar surface area (TPSA) is 42.0 Å². The molecule has 2 aromatic heterocycles. The molecule has 0 saturated carbocycles. The van der Waals surface area contributed by atoms with E-state index in [4.69, 9.17) is 0 Å². The third kappa shape index (κ3) is 3.07. The summed E-state index contributed by atoms with van der Waals surface area (Å²) in [6.07, 6.45) is 1.73. The van der Waals surface area contributed by atoms with E-state index in [-0.39, 0.29) is 11.9 Å². The molecule has 0 bridgehead atoms. The molecule has 1 unspecified atom stereocenters. The Morgan fingerprint density at radius 3 is 2.59 bits per heavy atom. The minimum Gasteiger partial charge on any atom is -0.343 e. The van der Waals surface area contributed by atoms with Crippen LogP contribution in [-0.2, 0) is 0 Å². The van der Waals surface area contributed by atoms with E-state index < -0.39 is 0 Å². The molecule has 1 atom stereocenters. The van der Waals surface area contributed by atoms with Crippen molar-refractivity contribution in [1.82, 2.24) is 10.3 Å². The highest BCUT2D eigenvalue weighted by Gasteiger charge is 2.17. The first kappa shape index (κ1) is 14.5. The van der Waals surface area contributed by atoms with Gasteiger partial charge in [0, 0.05) is 11.8 Å². The van der Waals surface area contributed by atoms with Gasteiger partial charge in [-0.2, -0.15) is 0 Å². The minimum absolute atomic E-state index is 0.0630. The Morgan fingerprint density at radius 1 is 1.09 bits per heavy atom. The Kier molecular flexibility index (Phi) is 4.30. The molecule has 0 saturated heterocycles. The van der Waals surface area contributed by atoms with Crippen LogP contribution in [0.2, 0.25) is 0 Å². The summed E-state index contributed by atoms with van der Waals surface area (Å²) < 4.78 is 0. The Morgan fingerprint density at radius 2 is 1.86 bits per heavy atom. The molecule has 0 fully saturated rings. The molecule has 3 rings (SSSR count). The lowest BCUT2D eigenvalue weighted by Gasteiger charge is -2.13. The van der Waals surface area contributed by atoms with E-state index >= 15 is 0 Å². The molecular weight excluding hydrogens is 292 g/mol. The lowest BCUT2D eigenvalue weighted by Crippen LogP contribution is -2.26. The van der Waals surface area contributed by atoms with Crippen molar-refractivity contribution in [2.75, 3.05) is 0 Å². The van der Waals surface area contributed by atoms with Crippen LogP contribution in [0, 0.1) is 0 Å². The molecule has 110 valence electrons. The van der Waals surface area contributed by atoms with Crippen LogP contribution in [0.5, 0.6) is 0 Å². The van der Waals surface area contributed by atoms with Gasteiger partial charge in [0.1, 0.15) is 0 Å². The summed E-state index contributed by atoms with van der Waals surface area (Å²) in [5, 5.41) is 4.96. The number of benzene rings is 1. The maximum Gasteiger partial charge on any atom is 0.262 e. The van der Waals surface area contributed by atoms with Crippen molar-refractivity contribution in [2.45, 2.75) is 13.0 Å². The number of rotatable bonds is 4. The van der Waals surface area contributed by atoms with Crippen LogP contribution in [0.3, 0.4) is 0 Å². The van der Waals surface area contributed by atoms with E-state index in [0.29, 0.717) is 0 Å². The van der Waals surface area contributed by atoms with Crippen molar-refractivity contribution in [3.05, 3.63) is 76.7 Å². The van der Waals surface area contributed by atoms with Gasteiger partial charge in [0.05, 0.1) is 16.6 Å². The molecule has 0 aliphatic heterocycles. The minimum atomic E-state index is -0.126. The van der Waals surface area contributed by atoms with Gasteiger partial charge in [0.2, 0.25) is 0 Å². The fraction of sp³-hybridized carbons (Fsp3) is 0.111. The quantitative estimate of drug-likeness (QED) is 0.780. The van der Waals surface area contributed by atoms with E-state index in [1.807, 2.05) is 66.9 Å². The standard InChI is InChI=1S/C18H16N2OS/c1-13(16-9-5-6-11-19-16)20-18(21)17-15(10-12-22-17)14-7-3-2-4-8-14/h2-13H,1H3,(H,20,21). The number of nitrogens with one attached hydrogen (secondary N) is 1. The average molecular weight is 308 g/mol. The maximum absolute atomic E-state index is 12.6. The summed E-state index contributed by atoms with van der Waals surface area (Å²) in [5.74, 6) is -0.0630. The van der Waals surface area contributed by atoms with Crippen molar-refractivity contribution in [2.24, 2.45) is 0 Å². The Labute approximate surface area is 133 Å². The van der Waals surface area contributed by atoms with Gasteiger partial charge in [-0.15, -0.1) is 11.3 Å². The summed E-state index contributed by atoms with van der Waals surface area (Å²) in [7, 11) is 0. The van der Waals surface area contributed by atoms with Crippen LogP contribution in [0.1, 0.15) is 28.3 Å². The SMILES string of the molecule is CC(NC(=O)c1sccc1-c1ccccc1)c1ccccn1. The number of carbonyl (C=O) groups is 1. The predicted molar refractivity (Wildman–Crippen MR) is 89.9 cm³/mol. The van der Waals surface area contributed by atoms with Crippen molar-refractivity contribution < 1.29 is 4.79 Å². The first-order chi connectivity index (χ1) is 10.8. The zero-order chi connectivity index (χ0) is 15.4. The number of thiophene rings is 1. The summed E-state index contributed by atoms with van der Waals surface area (Å²) in [6.45, 7) is 1.94. The van der Waals surface area contributed by atoms with Gasteiger partial charge in [-0.25, -0.2) is 0 Å². The summed E-state index contributed by atoms with van der Waals surface area (Å²) >= 11 is 1.46. The maximum atomic E-state index is 12.6. The molecule has 0 radical (unpaired) electrons. The van der Waals surface area contributed by atoms with Crippen molar-refractivity contribution in [3.63, 3.8) is 0 Å². The molecule has 3 nitrogen and oxygen atoms in total. The Balaban J connectivity index is 1.81. The first-order valence-corrected chi connectivity index (χ1v) is 7.98. The average Bonchev–Trinajstić information content (AvgIpc) is 3.06. The zero-order valence-corrected chi connectivity index (χ0v) is 13.0. The summed E-state index contributed by atoms with van der Waals surface area (Å²) in [6, 6.07) is 17.5. The monoisotopic (exact) mass is 308 g/mol. The number of aromatic nitrogens is 1. The molecule has 4 heteroatoms. The van der Waals surface area contributed by atoms with Crippen molar-refractivity contribution in [1.29, 1.82) is 0 Å². The van der Waals surface area contributed by atoms with Gasteiger partial charge in [-0.3, -0.25) is 9.78 Å². The smallest absolute Gasteiger partial charge is 0.262 e. The molecule has 0 spiro atoms. The second-order valence-corrected chi connectivity index (χ2v) is 5.90. The van der Waals surface area contributed by atoms with Gasteiger partial charge in [-0.05, 0) is 36.1 Å². The number of hydrogen-bond acceptors (Lipinski definition) is 3. The highest BCUT2D eigenvalue weighted by atomic mass is 32.1. The summed E-state index contributed by atoms with van der Waals surface area (Å²) in [4.78, 5) is 17.6. The number of nitrogens with zero attached hydrogens (tertiary/aromatic N) is 1. The Bertz CT molecular complexity index is 753. The lowest BCUT2D eigenvalue weighted by atomic mass is 10.1. The lowest BCUT2D eigenvalue weighted by molar-refractivity contribution is 0.0944. The third-order valence-electron chi connectivity index (χ3n) is 3.44. The first-order valence-electron chi connectivity index (χ1n) is 7.10. The highest BCUT2D eigenvalue weighted by molar-refractivity contribution is 7.12. The van der Waals surface area contributed by atoms with Crippen LogP contribution in [-0.4, -0.2) is 10.9 Å². The number of carbonyl (C=O) groups excluding carboxylic acids is 1. The van der Waals surface area contributed by atoms with Crippen molar-refractivity contribution in [3.8, 4) is 11.1 Å². The van der Waals surface area contributed by atoms with E-state index in [1.54, 1.807) is 6.20 Å². The highest BCUT2D eigenvalue weighted by Crippen LogP contribution is 2.28. The van der Waals surface area contributed by atoms with Crippen LogP contribution in [0.15, 0.2) is 66.2 Å². The van der Waals surface area contributed by atoms with Gasteiger partial charge >= 0.3 is 0 Å². The zero-order valence-electron chi connectivity index (χ0n) is 12.2. The van der Waals surface area contributed by atoms with Gasteiger partial charge < -0.3 is 5.32 Å². The van der Waals surface area contributed by atoms with E-state index in [0.717, 1.165) is 21.7 Å². The summed E-state index contributed by atoms with van der Waals surface area (Å²) in [5.41, 5.74) is 2.88. The third-order valence-corrected chi connectivity index (χ3v) is 4.35. The largest absolute Gasteiger partial charge is 0.343 e. The van der Waals surface area contributed by atoms with Gasteiger partial charge in [0.15, 0.2) is 0 Å².